The van der Waals surface area contributed by atoms with E-state index in [2.05, 4.69) is 111 Å². The van der Waals surface area contributed by atoms with Crippen molar-refractivity contribution in [3.63, 3.8) is 0 Å². The molecule has 0 atom stereocenters. The van der Waals surface area contributed by atoms with Crippen LogP contribution in [0.3, 0.4) is 0 Å². The molecular weight excluding hydrogens is 637 g/mol. The predicted octanol–water partition coefficient (Wildman–Crippen LogP) is 8.26. The van der Waals surface area contributed by atoms with Crippen molar-refractivity contribution in [2.45, 2.75) is 30.6 Å². The van der Waals surface area contributed by atoms with Crippen molar-refractivity contribution in [2.75, 3.05) is 12.7 Å². The predicted molar refractivity (Wildman–Crippen MR) is 186 cm³/mol. The van der Waals surface area contributed by atoms with Crippen molar-refractivity contribution in [3.05, 3.63) is 133 Å². The van der Waals surface area contributed by atoms with Crippen LogP contribution >= 0.6 is 20.8 Å². The number of halogens is 1. The number of benzene rings is 5. The first-order chi connectivity index (χ1) is 20.9. The number of hydrogen-bond donors (Lipinski definition) is 1. The van der Waals surface area contributed by atoms with Gasteiger partial charge in [-0.2, -0.15) is 0 Å². The molecule has 1 heterocycles. The maximum atomic E-state index is 13.1. The minimum Gasteiger partial charge on any atom is -0.0614 e. The molecule has 0 spiro atoms. The van der Waals surface area contributed by atoms with Crippen LogP contribution in [-0.2, 0) is 10.0 Å². The molecular formula is C36H35BrNO3PS. The van der Waals surface area contributed by atoms with Crippen molar-refractivity contribution in [1.29, 1.82) is 0 Å². The summed E-state index contributed by atoms with van der Waals surface area (Å²) >= 11 is 4.51. The van der Waals surface area contributed by atoms with Crippen LogP contribution in [0.2, 0.25) is 0 Å². The third kappa shape index (κ3) is 5.70. The summed E-state index contributed by atoms with van der Waals surface area (Å²) in [6, 6.07) is 45.3. The van der Waals surface area contributed by atoms with Crippen LogP contribution in [0.5, 0.6) is 0 Å². The van der Waals surface area contributed by atoms with Gasteiger partial charge in [0.15, 0.2) is 0 Å². The van der Waals surface area contributed by atoms with Crippen LogP contribution in [0.15, 0.2) is 143 Å². The Labute approximate surface area is 261 Å². The quantitative estimate of drug-likeness (QED) is 0.105. The zero-order chi connectivity index (χ0) is 29.8. The van der Waals surface area contributed by atoms with E-state index in [9.17, 15) is 8.42 Å². The number of fused-ring (bicyclic) bond motifs is 3. The van der Waals surface area contributed by atoms with Gasteiger partial charge in [0.2, 0.25) is 0 Å². The first-order valence-corrected chi connectivity index (χ1v) is 20.6. The van der Waals surface area contributed by atoms with Crippen LogP contribution < -0.4 is 20.6 Å². The minimum atomic E-state index is -3.63. The van der Waals surface area contributed by atoms with Crippen LogP contribution in [0.4, 0.5) is 0 Å². The van der Waals surface area contributed by atoms with E-state index in [0.717, 1.165) is 48.2 Å². The van der Waals surface area contributed by atoms with Gasteiger partial charge in [-0.05, 0) is 6.07 Å². The second kappa shape index (κ2) is 12.4. The molecule has 6 rings (SSSR count). The summed E-state index contributed by atoms with van der Waals surface area (Å²) in [6.07, 6.45) is 4.70. The second-order valence-corrected chi connectivity index (χ2v) is 21.8. The Balaban J connectivity index is 1.13. The number of unbranched alkanes of at least 4 members (excludes halogenated alkanes) is 3. The fraction of sp³-hybridized carbons (Fsp3) is 0.167. The molecule has 0 aliphatic carbocycles. The van der Waals surface area contributed by atoms with E-state index < -0.39 is 15.3 Å². The number of sulfonamides is 1. The van der Waals surface area contributed by atoms with Crippen molar-refractivity contribution in [1.82, 2.24) is 4.72 Å². The molecule has 0 aliphatic heterocycles. The summed E-state index contributed by atoms with van der Waals surface area (Å²) in [5.74, 6) is 0. The fourth-order valence-electron chi connectivity index (χ4n) is 6.10. The fourth-order valence-corrected chi connectivity index (χ4v) is 14.9. The molecule has 0 radical (unpaired) electrons. The van der Waals surface area contributed by atoms with Crippen molar-refractivity contribution in [3.8, 4) is 0 Å². The molecule has 0 fully saturated rings. The summed E-state index contributed by atoms with van der Waals surface area (Å²) in [5, 5.41) is 2.93. The van der Waals surface area contributed by atoms with Crippen LogP contribution in [0, 0.1) is 0 Å². The first kappa shape index (κ1) is 29.8. The van der Waals surface area contributed by atoms with Crippen molar-refractivity contribution < 1.29 is 12.8 Å². The van der Waals surface area contributed by atoms with Crippen molar-refractivity contribution in [2.24, 2.45) is 0 Å². The Morgan fingerprint density at radius 1 is 0.581 bits per heavy atom. The van der Waals surface area contributed by atoms with Crippen molar-refractivity contribution >= 4 is 68.7 Å². The monoisotopic (exact) mass is 671 g/mol. The molecule has 0 unspecified atom stereocenters. The van der Waals surface area contributed by atoms with E-state index in [1.807, 2.05) is 30.3 Å². The molecule has 1 N–H and O–H groups in total. The Kier molecular flexibility index (Phi) is 8.57. The summed E-state index contributed by atoms with van der Waals surface area (Å²) in [6.45, 7) is 0.397. The van der Waals surface area contributed by atoms with Gasteiger partial charge >= 0.3 is 228 Å². The molecule has 220 valence electrons. The van der Waals surface area contributed by atoms with Gasteiger partial charge in [-0.25, -0.2) is 0 Å². The Hall–Kier alpha value is -3.28. The number of nitrogens with one attached hydrogen (secondary N) is 1. The standard InChI is InChI=1S/C36H35BrNO3PS/c37-42(29-16-6-3-7-17-29,30-18-8-4-9-19-30,31-20-10-5-11-21-31)27-15-2-1-14-26-38-43(39,40)32-24-25-34-33-22-12-13-23-35(33)41-36(34)28-32/h3-13,16-25,28,38H,1-2,14-15,26-27H2. The molecule has 0 bridgehead atoms. The van der Waals surface area contributed by atoms with Crippen LogP contribution in [-0.4, -0.2) is 21.1 Å². The van der Waals surface area contributed by atoms with Gasteiger partial charge in [-0.15, -0.1) is 0 Å². The van der Waals surface area contributed by atoms with E-state index in [1.54, 1.807) is 12.1 Å². The molecule has 43 heavy (non-hydrogen) atoms. The zero-order valence-electron chi connectivity index (χ0n) is 23.9. The van der Waals surface area contributed by atoms with Gasteiger partial charge in [-0.1, -0.05) is 18.2 Å². The van der Waals surface area contributed by atoms with E-state index in [0.29, 0.717) is 12.1 Å². The molecule has 1 aromatic heterocycles. The summed E-state index contributed by atoms with van der Waals surface area (Å²) in [4.78, 5) is 0.226. The zero-order valence-corrected chi connectivity index (χ0v) is 27.2. The second-order valence-electron chi connectivity index (χ2n) is 11.0. The number of furan rings is 1. The van der Waals surface area contributed by atoms with Gasteiger partial charge in [0.1, 0.15) is 5.58 Å². The van der Waals surface area contributed by atoms with E-state index in [-0.39, 0.29) is 4.90 Å². The minimum absolute atomic E-state index is 0.226. The molecule has 0 amide bonds. The first-order valence-electron chi connectivity index (χ1n) is 14.7. The van der Waals surface area contributed by atoms with E-state index in [1.165, 1.54) is 15.9 Å². The SMILES string of the molecule is O=S(=O)(NCCCCCCP(Br)(c1ccccc1)(c1ccccc1)c1ccccc1)c1ccc2c(c1)oc1ccccc12. The van der Waals surface area contributed by atoms with Crippen LogP contribution in [0.1, 0.15) is 25.7 Å². The Bertz CT molecular complexity index is 1850. The molecule has 0 saturated carbocycles. The Morgan fingerprint density at radius 3 is 1.70 bits per heavy atom. The normalized spacial score (nSPS) is 13.2. The van der Waals surface area contributed by atoms with E-state index in [4.69, 9.17) is 4.42 Å². The average Bonchev–Trinajstić information content (AvgIpc) is 3.43. The molecule has 6 aromatic rings. The molecule has 5 aromatic carbocycles. The number of para-hydroxylation sites is 1. The third-order valence-electron chi connectivity index (χ3n) is 8.34. The molecule has 7 heteroatoms. The van der Waals surface area contributed by atoms with Gasteiger partial charge in [-0.3, -0.25) is 0 Å². The Morgan fingerprint density at radius 2 is 1.09 bits per heavy atom. The summed E-state index contributed by atoms with van der Waals surface area (Å²) in [7, 11) is -3.63. The maximum absolute atomic E-state index is 13.1. The summed E-state index contributed by atoms with van der Waals surface area (Å²) < 4.78 is 34.8. The molecule has 0 saturated heterocycles. The van der Waals surface area contributed by atoms with E-state index >= 15 is 0 Å². The average molecular weight is 673 g/mol. The molecule has 0 aliphatic rings. The van der Waals surface area contributed by atoms with Gasteiger partial charge < -0.3 is 0 Å². The summed E-state index contributed by atoms with van der Waals surface area (Å²) in [5.41, 5.74) is 1.33. The molecule has 4 nitrogen and oxygen atoms in total. The number of rotatable bonds is 12. The number of hydrogen-bond acceptors (Lipinski definition) is 3. The topological polar surface area (TPSA) is 59.3 Å². The smallest absolute Gasteiger partial charge is 0.0614 e. The van der Waals surface area contributed by atoms with Gasteiger partial charge in [0, 0.05) is 5.39 Å². The van der Waals surface area contributed by atoms with Gasteiger partial charge in [0.25, 0.3) is 0 Å². The van der Waals surface area contributed by atoms with Crippen LogP contribution in [0.25, 0.3) is 21.9 Å². The third-order valence-corrected chi connectivity index (χ3v) is 19.8. The van der Waals surface area contributed by atoms with Gasteiger partial charge in [0.05, 0.1) is 0 Å².